The molecule has 0 bridgehead atoms. The fourth-order valence-corrected chi connectivity index (χ4v) is 2.78. The van der Waals surface area contributed by atoms with Gasteiger partial charge >= 0.3 is 0 Å². The van der Waals surface area contributed by atoms with Crippen molar-refractivity contribution < 1.29 is 0 Å². The predicted octanol–water partition coefficient (Wildman–Crippen LogP) is 3.35. The van der Waals surface area contributed by atoms with Gasteiger partial charge in [0.2, 0.25) is 0 Å². The predicted molar refractivity (Wildman–Crippen MR) is 77.3 cm³/mol. The molecule has 0 amide bonds. The highest BCUT2D eigenvalue weighted by Crippen LogP contribution is 2.33. The molecule has 1 aliphatic rings. The van der Waals surface area contributed by atoms with Crippen LogP contribution in [0.3, 0.4) is 0 Å². The number of anilines is 2. The number of pyridine rings is 1. The molecular formula is C14H17N3S. The first kappa shape index (κ1) is 11.5. The average molecular weight is 259 g/mol. The van der Waals surface area contributed by atoms with E-state index in [2.05, 4.69) is 44.8 Å². The third-order valence-corrected chi connectivity index (χ3v) is 4.04. The molecule has 18 heavy (non-hydrogen) atoms. The molecule has 0 saturated heterocycles. The van der Waals surface area contributed by atoms with Crippen molar-refractivity contribution in [2.75, 3.05) is 17.3 Å². The number of hydrogen-bond donors (Lipinski definition) is 1. The molecule has 4 heteroatoms. The van der Waals surface area contributed by atoms with Gasteiger partial charge in [0, 0.05) is 18.0 Å². The summed E-state index contributed by atoms with van der Waals surface area (Å²) in [7, 11) is 1.91. The Balaban J connectivity index is 1.84. The number of nitrogens with one attached hydrogen (secondary N) is 1. The summed E-state index contributed by atoms with van der Waals surface area (Å²) in [6.07, 6.45) is 2.58. The van der Waals surface area contributed by atoms with E-state index >= 15 is 0 Å². The van der Waals surface area contributed by atoms with E-state index in [9.17, 15) is 0 Å². The Hall–Kier alpha value is -1.55. The summed E-state index contributed by atoms with van der Waals surface area (Å²) in [6, 6.07) is 11.2. The molecule has 3 rings (SSSR count). The largest absolute Gasteiger partial charge is 0.373 e. The van der Waals surface area contributed by atoms with Crippen LogP contribution in [0.15, 0.2) is 35.7 Å². The molecule has 1 saturated carbocycles. The highest BCUT2D eigenvalue weighted by atomic mass is 32.1. The minimum atomic E-state index is 0.673. The van der Waals surface area contributed by atoms with Crippen LogP contribution in [0.5, 0.6) is 0 Å². The Kier molecular flexibility index (Phi) is 3.19. The maximum Gasteiger partial charge on any atom is 0.131 e. The molecule has 0 atom stereocenters. The van der Waals surface area contributed by atoms with Gasteiger partial charge in [-0.25, -0.2) is 4.98 Å². The van der Waals surface area contributed by atoms with E-state index in [1.54, 1.807) is 0 Å². The molecule has 0 aromatic carbocycles. The Labute approximate surface area is 111 Å². The van der Waals surface area contributed by atoms with Crippen molar-refractivity contribution in [2.45, 2.75) is 25.4 Å². The maximum absolute atomic E-state index is 4.65. The van der Waals surface area contributed by atoms with Gasteiger partial charge < -0.3 is 10.2 Å². The van der Waals surface area contributed by atoms with Crippen LogP contribution in [0.25, 0.3) is 0 Å². The third-order valence-electron chi connectivity index (χ3n) is 3.18. The normalized spacial score (nSPS) is 14.5. The lowest BCUT2D eigenvalue weighted by Gasteiger charge is -2.23. The van der Waals surface area contributed by atoms with Crippen LogP contribution in [0.1, 0.15) is 17.7 Å². The van der Waals surface area contributed by atoms with Gasteiger partial charge in [-0.15, -0.1) is 11.3 Å². The summed E-state index contributed by atoms with van der Waals surface area (Å²) in [5, 5.41) is 5.24. The van der Waals surface area contributed by atoms with E-state index in [0.29, 0.717) is 6.04 Å². The smallest absolute Gasteiger partial charge is 0.131 e. The van der Waals surface area contributed by atoms with Gasteiger partial charge in [-0.05, 0) is 36.4 Å². The summed E-state index contributed by atoms with van der Waals surface area (Å²) < 4.78 is 0. The number of hydrogen-bond acceptors (Lipinski definition) is 4. The van der Waals surface area contributed by atoms with Crippen molar-refractivity contribution in [1.82, 2.24) is 4.98 Å². The average Bonchev–Trinajstić information content (AvgIpc) is 3.13. The highest BCUT2D eigenvalue weighted by molar-refractivity contribution is 7.09. The van der Waals surface area contributed by atoms with Crippen molar-refractivity contribution in [2.24, 2.45) is 0 Å². The first-order valence-corrected chi connectivity index (χ1v) is 7.18. The monoisotopic (exact) mass is 259 g/mol. The Morgan fingerprint density at radius 3 is 2.89 bits per heavy atom. The highest BCUT2D eigenvalue weighted by Gasteiger charge is 2.30. The molecule has 0 aliphatic heterocycles. The lowest BCUT2D eigenvalue weighted by atomic mass is 10.3. The summed E-state index contributed by atoms with van der Waals surface area (Å²) in [6.45, 7) is 0.975. The number of rotatable bonds is 5. The Morgan fingerprint density at radius 2 is 2.22 bits per heavy atom. The fourth-order valence-electron chi connectivity index (χ4n) is 2.08. The van der Waals surface area contributed by atoms with Gasteiger partial charge in [0.1, 0.15) is 11.6 Å². The van der Waals surface area contributed by atoms with Crippen LogP contribution < -0.4 is 10.2 Å². The zero-order chi connectivity index (χ0) is 12.4. The first-order valence-electron chi connectivity index (χ1n) is 6.30. The zero-order valence-corrected chi connectivity index (χ0v) is 11.3. The standard InChI is InChI=1S/C14H17N3S/c1-15-13-5-2-6-14(16-13)17(11-7-8-11)10-12-4-3-9-18-12/h2-6,9,11H,7-8,10H2,1H3,(H,15,16). The van der Waals surface area contributed by atoms with Gasteiger partial charge in [-0.1, -0.05) is 12.1 Å². The second-order valence-corrected chi connectivity index (χ2v) is 5.60. The molecule has 1 N–H and O–H groups in total. The van der Waals surface area contributed by atoms with Crippen molar-refractivity contribution in [3.63, 3.8) is 0 Å². The van der Waals surface area contributed by atoms with E-state index < -0.39 is 0 Å². The summed E-state index contributed by atoms with van der Waals surface area (Å²) in [5.74, 6) is 2.02. The van der Waals surface area contributed by atoms with Crippen LogP contribution in [0.4, 0.5) is 11.6 Å². The molecule has 2 heterocycles. The third kappa shape index (κ3) is 2.48. The van der Waals surface area contributed by atoms with Crippen LogP contribution >= 0.6 is 11.3 Å². The van der Waals surface area contributed by atoms with Crippen LogP contribution in [0, 0.1) is 0 Å². The maximum atomic E-state index is 4.65. The van der Waals surface area contributed by atoms with Crippen molar-refractivity contribution in [3.8, 4) is 0 Å². The number of thiophene rings is 1. The van der Waals surface area contributed by atoms with Gasteiger partial charge in [0.05, 0.1) is 6.54 Å². The van der Waals surface area contributed by atoms with Crippen molar-refractivity contribution in [3.05, 3.63) is 40.6 Å². The van der Waals surface area contributed by atoms with E-state index in [0.717, 1.165) is 18.2 Å². The molecule has 0 radical (unpaired) electrons. The molecule has 2 aromatic heterocycles. The molecule has 94 valence electrons. The number of aromatic nitrogens is 1. The van der Waals surface area contributed by atoms with Crippen LogP contribution in [0.2, 0.25) is 0 Å². The minimum Gasteiger partial charge on any atom is -0.373 e. The van der Waals surface area contributed by atoms with Gasteiger partial charge in [0.15, 0.2) is 0 Å². The van der Waals surface area contributed by atoms with E-state index in [4.69, 9.17) is 0 Å². The minimum absolute atomic E-state index is 0.673. The SMILES string of the molecule is CNc1cccc(N(Cc2cccs2)C2CC2)n1. The fraction of sp³-hybridized carbons (Fsp3) is 0.357. The summed E-state index contributed by atoms with van der Waals surface area (Å²) in [4.78, 5) is 8.48. The lowest BCUT2D eigenvalue weighted by molar-refractivity contribution is 0.787. The van der Waals surface area contributed by atoms with Gasteiger partial charge in [0.25, 0.3) is 0 Å². The second-order valence-electron chi connectivity index (χ2n) is 4.57. The van der Waals surface area contributed by atoms with E-state index in [1.165, 1.54) is 17.7 Å². The Morgan fingerprint density at radius 1 is 1.33 bits per heavy atom. The van der Waals surface area contributed by atoms with E-state index in [1.807, 2.05) is 24.5 Å². The van der Waals surface area contributed by atoms with Crippen LogP contribution in [-0.4, -0.2) is 18.1 Å². The van der Waals surface area contributed by atoms with Crippen molar-refractivity contribution in [1.29, 1.82) is 0 Å². The van der Waals surface area contributed by atoms with E-state index in [-0.39, 0.29) is 0 Å². The molecular weight excluding hydrogens is 242 g/mol. The zero-order valence-electron chi connectivity index (χ0n) is 10.5. The molecule has 0 unspecified atom stereocenters. The quantitative estimate of drug-likeness (QED) is 0.892. The second kappa shape index (κ2) is 4.98. The lowest BCUT2D eigenvalue weighted by Crippen LogP contribution is -2.25. The molecule has 0 spiro atoms. The first-order chi connectivity index (χ1) is 8.86. The molecule has 1 aliphatic carbocycles. The molecule has 2 aromatic rings. The van der Waals surface area contributed by atoms with Gasteiger partial charge in [-0.3, -0.25) is 0 Å². The van der Waals surface area contributed by atoms with Crippen LogP contribution in [-0.2, 0) is 6.54 Å². The number of nitrogens with zero attached hydrogens (tertiary/aromatic N) is 2. The van der Waals surface area contributed by atoms with Crippen molar-refractivity contribution >= 4 is 23.0 Å². The summed E-state index contributed by atoms with van der Waals surface area (Å²) >= 11 is 1.82. The molecule has 3 nitrogen and oxygen atoms in total. The van der Waals surface area contributed by atoms with Gasteiger partial charge in [-0.2, -0.15) is 0 Å². The topological polar surface area (TPSA) is 28.2 Å². The Bertz CT molecular complexity index is 506. The molecule has 1 fully saturated rings. The summed E-state index contributed by atoms with van der Waals surface area (Å²) in [5.41, 5.74) is 0.